The first-order valence-electron chi connectivity index (χ1n) is 15.4. The molecule has 0 amide bonds. The van der Waals surface area contributed by atoms with Gasteiger partial charge in [-0.15, -0.1) is 0 Å². The molecule has 6 aromatic carbocycles. The van der Waals surface area contributed by atoms with Crippen LogP contribution < -0.4 is 0 Å². The molecule has 0 bridgehead atoms. The molecule has 46 heavy (non-hydrogen) atoms. The average molecular weight is 587 g/mol. The zero-order chi connectivity index (χ0) is 30.6. The van der Waals surface area contributed by atoms with E-state index in [2.05, 4.69) is 143 Å². The minimum Gasteiger partial charge on any atom is -0.309 e. The van der Waals surface area contributed by atoms with E-state index in [4.69, 9.17) is 4.98 Å². The lowest BCUT2D eigenvalue weighted by atomic mass is 10.1. The van der Waals surface area contributed by atoms with E-state index >= 15 is 0 Å². The molecule has 9 rings (SSSR count). The fourth-order valence-electron chi connectivity index (χ4n) is 6.87. The second-order valence-corrected chi connectivity index (χ2v) is 11.6. The highest BCUT2D eigenvalue weighted by molar-refractivity contribution is 6.10. The van der Waals surface area contributed by atoms with Gasteiger partial charge in [-0.2, -0.15) is 5.26 Å². The summed E-state index contributed by atoms with van der Waals surface area (Å²) in [5.74, 6) is 0. The van der Waals surface area contributed by atoms with Crippen molar-refractivity contribution in [1.29, 1.82) is 5.26 Å². The first kappa shape index (κ1) is 26.0. The lowest BCUT2D eigenvalue weighted by Crippen LogP contribution is -2.00. The van der Waals surface area contributed by atoms with Crippen molar-refractivity contribution in [1.82, 2.24) is 14.1 Å². The monoisotopic (exact) mass is 586 g/mol. The van der Waals surface area contributed by atoms with Crippen LogP contribution in [-0.4, -0.2) is 14.1 Å². The molecule has 4 heteroatoms. The second-order valence-electron chi connectivity index (χ2n) is 11.6. The van der Waals surface area contributed by atoms with E-state index in [9.17, 15) is 5.26 Å². The lowest BCUT2D eigenvalue weighted by molar-refractivity contribution is 1.13. The molecule has 0 radical (unpaired) electrons. The van der Waals surface area contributed by atoms with Crippen LogP contribution in [-0.2, 0) is 0 Å². The van der Waals surface area contributed by atoms with Crippen LogP contribution in [0.3, 0.4) is 0 Å². The molecule has 0 N–H and O–H groups in total. The standard InChI is InChI=1S/C42H26N4/c43-27-28-20-22-29(23-21-28)37-14-9-15-38(44-37)30-24-31(45-39-16-5-1-10-33(39)34-11-2-6-17-40(34)45)26-32(25-30)46-41-18-7-3-12-35(41)36-13-4-8-19-42(36)46/h1-26H. The molecule has 4 nitrogen and oxygen atoms in total. The Balaban J connectivity index is 1.35. The van der Waals surface area contributed by atoms with Crippen molar-refractivity contribution in [2.45, 2.75) is 0 Å². The Morgan fingerprint density at radius 1 is 0.413 bits per heavy atom. The Kier molecular flexibility index (Phi) is 5.84. The number of rotatable bonds is 4. The van der Waals surface area contributed by atoms with Crippen LogP contribution in [0.4, 0.5) is 0 Å². The SMILES string of the molecule is N#Cc1ccc(-c2cccc(-c3cc(-n4c5ccccc5c5ccccc54)cc(-n4c5ccccc5c5ccccc54)c3)n2)cc1. The van der Waals surface area contributed by atoms with Gasteiger partial charge < -0.3 is 9.13 Å². The number of pyridine rings is 1. The quantitative estimate of drug-likeness (QED) is 0.206. The van der Waals surface area contributed by atoms with Gasteiger partial charge in [0.2, 0.25) is 0 Å². The van der Waals surface area contributed by atoms with E-state index in [1.165, 1.54) is 21.5 Å². The van der Waals surface area contributed by atoms with Gasteiger partial charge in [-0.3, -0.25) is 0 Å². The van der Waals surface area contributed by atoms with Gasteiger partial charge in [-0.05, 0) is 66.7 Å². The molecule has 9 aromatic rings. The summed E-state index contributed by atoms with van der Waals surface area (Å²) in [6, 6.07) is 57.3. The van der Waals surface area contributed by atoms with Crippen molar-refractivity contribution in [3.05, 3.63) is 163 Å². The number of hydrogen-bond acceptors (Lipinski definition) is 2. The fourth-order valence-corrected chi connectivity index (χ4v) is 6.87. The molecular weight excluding hydrogens is 560 g/mol. The van der Waals surface area contributed by atoms with Gasteiger partial charge in [0.1, 0.15) is 0 Å². The van der Waals surface area contributed by atoms with Crippen LogP contribution in [0, 0.1) is 11.3 Å². The van der Waals surface area contributed by atoms with Gasteiger partial charge >= 0.3 is 0 Å². The van der Waals surface area contributed by atoms with Crippen LogP contribution in [0.2, 0.25) is 0 Å². The van der Waals surface area contributed by atoms with Gasteiger partial charge in [-0.1, -0.05) is 91.0 Å². The summed E-state index contributed by atoms with van der Waals surface area (Å²) >= 11 is 0. The van der Waals surface area contributed by atoms with Crippen LogP contribution in [0.1, 0.15) is 5.56 Å². The van der Waals surface area contributed by atoms with Crippen molar-refractivity contribution in [2.24, 2.45) is 0 Å². The average Bonchev–Trinajstić information content (AvgIpc) is 3.65. The summed E-state index contributed by atoms with van der Waals surface area (Å²) in [4.78, 5) is 5.16. The van der Waals surface area contributed by atoms with E-state index in [0.29, 0.717) is 5.56 Å². The van der Waals surface area contributed by atoms with E-state index in [0.717, 1.165) is 56.0 Å². The molecule has 3 aromatic heterocycles. The molecule has 3 heterocycles. The minimum atomic E-state index is 0.634. The molecule has 0 saturated carbocycles. The molecule has 0 aliphatic rings. The maximum Gasteiger partial charge on any atom is 0.0991 e. The minimum absolute atomic E-state index is 0.634. The van der Waals surface area contributed by atoms with Gasteiger partial charge in [0.25, 0.3) is 0 Å². The van der Waals surface area contributed by atoms with E-state index in [1.54, 1.807) is 0 Å². The van der Waals surface area contributed by atoms with Crippen LogP contribution in [0.15, 0.2) is 158 Å². The van der Waals surface area contributed by atoms with Gasteiger partial charge in [0.05, 0.1) is 45.1 Å². The molecular formula is C42H26N4. The topological polar surface area (TPSA) is 46.5 Å². The molecule has 0 saturated heterocycles. The zero-order valence-corrected chi connectivity index (χ0v) is 24.8. The molecule has 0 fully saturated rings. The van der Waals surface area contributed by atoms with Crippen molar-refractivity contribution in [2.75, 3.05) is 0 Å². The number of para-hydroxylation sites is 4. The third-order valence-corrected chi connectivity index (χ3v) is 8.93. The summed E-state index contributed by atoms with van der Waals surface area (Å²) in [5.41, 5.74) is 11.1. The molecule has 0 atom stereocenters. The van der Waals surface area contributed by atoms with Crippen molar-refractivity contribution in [3.63, 3.8) is 0 Å². The van der Waals surface area contributed by atoms with Crippen molar-refractivity contribution >= 4 is 43.6 Å². The third-order valence-electron chi connectivity index (χ3n) is 8.93. The second kappa shape index (κ2) is 10.3. The highest BCUT2D eigenvalue weighted by Gasteiger charge is 2.17. The van der Waals surface area contributed by atoms with Crippen LogP contribution in [0.5, 0.6) is 0 Å². The van der Waals surface area contributed by atoms with Crippen LogP contribution in [0.25, 0.3) is 77.5 Å². The van der Waals surface area contributed by atoms with Gasteiger partial charge in [0, 0.05) is 44.0 Å². The van der Waals surface area contributed by atoms with Gasteiger partial charge in [-0.25, -0.2) is 4.98 Å². The van der Waals surface area contributed by atoms with E-state index in [1.807, 2.05) is 30.3 Å². The summed E-state index contributed by atoms with van der Waals surface area (Å²) in [5, 5.41) is 14.2. The summed E-state index contributed by atoms with van der Waals surface area (Å²) in [7, 11) is 0. The molecule has 0 spiro atoms. The smallest absolute Gasteiger partial charge is 0.0991 e. The summed E-state index contributed by atoms with van der Waals surface area (Å²) in [6.45, 7) is 0. The van der Waals surface area contributed by atoms with Crippen molar-refractivity contribution < 1.29 is 0 Å². The Morgan fingerprint density at radius 2 is 0.826 bits per heavy atom. The Hall–Kier alpha value is -6.44. The maximum absolute atomic E-state index is 9.30. The lowest BCUT2D eigenvalue weighted by Gasteiger charge is -2.16. The summed E-state index contributed by atoms with van der Waals surface area (Å²) < 4.78 is 4.74. The predicted octanol–water partition coefficient (Wildman–Crippen LogP) is 10.5. The number of benzene rings is 6. The summed E-state index contributed by atoms with van der Waals surface area (Å²) in [6.07, 6.45) is 0. The number of hydrogen-bond donors (Lipinski definition) is 0. The van der Waals surface area contributed by atoms with Crippen LogP contribution >= 0.6 is 0 Å². The van der Waals surface area contributed by atoms with E-state index < -0.39 is 0 Å². The van der Waals surface area contributed by atoms with Crippen molar-refractivity contribution in [3.8, 4) is 40.0 Å². The van der Waals surface area contributed by atoms with E-state index in [-0.39, 0.29) is 0 Å². The highest BCUT2D eigenvalue weighted by atomic mass is 15.0. The van der Waals surface area contributed by atoms with Gasteiger partial charge in [0.15, 0.2) is 0 Å². The number of nitrogens with zero attached hydrogens (tertiary/aromatic N) is 4. The largest absolute Gasteiger partial charge is 0.309 e. The number of fused-ring (bicyclic) bond motifs is 6. The maximum atomic E-state index is 9.30. The predicted molar refractivity (Wildman–Crippen MR) is 189 cm³/mol. The molecule has 0 aliphatic heterocycles. The number of aromatic nitrogens is 3. The normalized spacial score (nSPS) is 11.5. The highest BCUT2D eigenvalue weighted by Crippen LogP contribution is 2.37. The molecule has 214 valence electrons. The molecule has 0 aliphatic carbocycles. The molecule has 0 unspecified atom stereocenters. The number of nitriles is 1. The first-order chi connectivity index (χ1) is 22.8. The zero-order valence-electron chi connectivity index (χ0n) is 24.8. The third kappa shape index (κ3) is 4.03. The first-order valence-corrected chi connectivity index (χ1v) is 15.4. The Bertz CT molecular complexity index is 2410. The Morgan fingerprint density at radius 3 is 1.26 bits per heavy atom. The fraction of sp³-hybridized carbons (Fsp3) is 0. The Labute approximate surface area is 265 Å².